The number of hydrogen-bond acceptors (Lipinski definition) is 6. The van der Waals surface area contributed by atoms with Crippen molar-refractivity contribution in [1.82, 2.24) is 16.2 Å². The highest BCUT2D eigenvalue weighted by Crippen LogP contribution is 2.15. The highest BCUT2D eigenvalue weighted by Gasteiger charge is 2.05. The Morgan fingerprint density at radius 2 is 1.84 bits per heavy atom. The molecule has 3 N–H and O–H groups in total. The molecule has 0 spiro atoms. The van der Waals surface area contributed by atoms with E-state index in [-0.39, 0.29) is 18.3 Å². The number of halogens is 1. The fourth-order valence-electron chi connectivity index (χ4n) is 1.36. The predicted molar refractivity (Wildman–Crippen MR) is 94.7 cm³/mol. The molecule has 0 fully saturated rings. The van der Waals surface area contributed by atoms with Crippen molar-refractivity contribution in [2.75, 3.05) is 13.2 Å². The summed E-state index contributed by atoms with van der Waals surface area (Å²) < 4.78 is 9.83. The van der Waals surface area contributed by atoms with Crippen LogP contribution < -0.4 is 20.9 Å². The summed E-state index contributed by atoms with van der Waals surface area (Å²) in [6, 6.07) is 6.48. The van der Waals surface area contributed by atoms with Crippen molar-refractivity contribution < 1.29 is 23.9 Å². The lowest BCUT2D eigenvalue weighted by molar-refractivity contribution is -0.137. The Kier molecular flexibility index (Phi) is 8.97. The van der Waals surface area contributed by atoms with Crippen LogP contribution in [0.15, 0.2) is 36.4 Å². The summed E-state index contributed by atoms with van der Waals surface area (Å²) in [7, 11) is 0. The molecule has 0 saturated heterocycles. The summed E-state index contributed by atoms with van der Waals surface area (Å²) in [5, 5.41) is 2.63. The summed E-state index contributed by atoms with van der Waals surface area (Å²) in [5.41, 5.74) is 4.56. The molecule has 0 aliphatic rings. The average molecular weight is 386 g/mol. The molecule has 25 heavy (non-hydrogen) atoms. The van der Waals surface area contributed by atoms with E-state index in [1.807, 2.05) is 0 Å². The van der Waals surface area contributed by atoms with Crippen molar-refractivity contribution in [2.24, 2.45) is 0 Å². The van der Waals surface area contributed by atoms with E-state index in [0.29, 0.717) is 10.8 Å². The van der Waals surface area contributed by atoms with Crippen molar-refractivity contribution in [3.8, 4) is 5.75 Å². The van der Waals surface area contributed by atoms with E-state index in [9.17, 15) is 14.4 Å². The first kappa shape index (κ1) is 20.4. The summed E-state index contributed by atoms with van der Waals surface area (Å²) in [4.78, 5) is 34.1. The molecule has 0 saturated carbocycles. The number of ether oxygens (including phenoxy) is 2. The van der Waals surface area contributed by atoms with E-state index in [4.69, 9.17) is 28.6 Å². The van der Waals surface area contributed by atoms with Crippen LogP contribution in [0.25, 0.3) is 0 Å². The summed E-state index contributed by atoms with van der Waals surface area (Å²) in [6.07, 6.45) is 1.91. The Bertz CT molecular complexity index is 664. The highest BCUT2D eigenvalue weighted by atomic mass is 35.5. The number of nitrogens with one attached hydrogen (secondary N) is 3. The van der Waals surface area contributed by atoms with E-state index in [1.165, 1.54) is 0 Å². The lowest BCUT2D eigenvalue weighted by Gasteiger charge is -2.10. The molecule has 0 bridgehead atoms. The third-order valence-corrected chi connectivity index (χ3v) is 2.85. The number of esters is 1. The van der Waals surface area contributed by atoms with Crippen LogP contribution in [0.1, 0.15) is 6.92 Å². The van der Waals surface area contributed by atoms with Crippen LogP contribution in [-0.2, 0) is 19.1 Å². The Morgan fingerprint density at radius 1 is 1.16 bits per heavy atom. The molecule has 1 aromatic rings. The summed E-state index contributed by atoms with van der Waals surface area (Å²) in [5.74, 6) is -1.35. The molecule has 134 valence electrons. The van der Waals surface area contributed by atoms with Gasteiger partial charge in [0.05, 0.1) is 6.61 Å². The molecular formula is C15H16ClN3O5S. The first-order valence-corrected chi connectivity index (χ1v) is 7.82. The molecule has 1 rings (SSSR count). The second-order valence-corrected chi connectivity index (χ2v) is 5.16. The van der Waals surface area contributed by atoms with Gasteiger partial charge in [-0.05, 0) is 43.4 Å². The number of hydrazine groups is 1. The molecule has 0 radical (unpaired) electrons. The third kappa shape index (κ3) is 9.28. The van der Waals surface area contributed by atoms with Gasteiger partial charge in [-0.25, -0.2) is 4.79 Å². The van der Waals surface area contributed by atoms with Crippen LogP contribution in [0.4, 0.5) is 0 Å². The van der Waals surface area contributed by atoms with Gasteiger partial charge < -0.3 is 9.47 Å². The molecule has 0 atom stereocenters. The Balaban J connectivity index is 2.26. The Labute approximate surface area is 154 Å². The molecule has 2 amide bonds. The predicted octanol–water partition coefficient (Wildman–Crippen LogP) is 0.860. The lowest BCUT2D eigenvalue weighted by atomic mass is 10.3. The highest BCUT2D eigenvalue weighted by molar-refractivity contribution is 7.80. The number of carbonyl (C=O) groups excluding carboxylic acids is 3. The van der Waals surface area contributed by atoms with Crippen molar-refractivity contribution in [3.05, 3.63) is 41.4 Å². The molecule has 8 nitrogen and oxygen atoms in total. The van der Waals surface area contributed by atoms with Crippen molar-refractivity contribution >= 4 is 46.7 Å². The normalized spacial score (nSPS) is 10.0. The number of carbonyl (C=O) groups is 3. The maximum absolute atomic E-state index is 11.6. The first-order valence-electron chi connectivity index (χ1n) is 7.03. The van der Waals surface area contributed by atoms with Crippen molar-refractivity contribution in [3.63, 3.8) is 0 Å². The molecule has 1 aromatic carbocycles. The van der Waals surface area contributed by atoms with E-state index in [1.54, 1.807) is 31.2 Å². The number of rotatable bonds is 6. The standard InChI is InChI=1S/C15H16ClN3O5S/c1-2-23-14(22)8-7-12(20)17-15(25)19-18-13(21)9-24-11-5-3-10(16)4-6-11/h3-8H,2,9H2,1H3,(H,18,21)(H2,17,19,20,25)/b8-7+. The van der Waals surface area contributed by atoms with Gasteiger partial charge in [0, 0.05) is 17.2 Å². The van der Waals surface area contributed by atoms with Crippen LogP contribution in [0.2, 0.25) is 5.02 Å². The minimum absolute atomic E-state index is 0.154. The van der Waals surface area contributed by atoms with Gasteiger partial charge in [-0.3, -0.25) is 25.8 Å². The van der Waals surface area contributed by atoms with Gasteiger partial charge in [-0.15, -0.1) is 0 Å². The number of benzene rings is 1. The number of amides is 2. The van der Waals surface area contributed by atoms with Gasteiger partial charge in [0.1, 0.15) is 5.75 Å². The van der Waals surface area contributed by atoms with Gasteiger partial charge >= 0.3 is 5.97 Å². The second kappa shape index (κ2) is 11.0. The monoisotopic (exact) mass is 385 g/mol. The van der Waals surface area contributed by atoms with Gasteiger partial charge in [0.15, 0.2) is 11.7 Å². The van der Waals surface area contributed by atoms with E-state index >= 15 is 0 Å². The van der Waals surface area contributed by atoms with Crippen LogP contribution in [0, 0.1) is 0 Å². The maximum atomic E-state index is 11.6. The smallest absolute Gasteiger partial charge is 0.330 e. The second-order valence-electron chi connectivity index (χ2n) is 4.32. The zero-order chi connectivity index (χ0) is 18.7. The number of hydrogen-bond donors (Lipinski definition) is 3. The molecule has 0 unspecified atom stereocenters. The van der Waals surface area contributed by atoms with E-state index in [2.05, 4.69) is 20.9 Å². The fourth-order valence-corrected chi connectivity index (χ4v) is 1.64. The minimum Gasteiger partial charge on any atom is -0.484 e. The van der Waals surface area contributed by atoms with Crippen LogP contribution in [-0.4, -0.2) is 36.1 Å². The van der Waals surface area contributed by atoms with Crippen LogP contribution >= 0.6 is 23.8 Å². The molecule has 0 aromatic heterocycles. The molecular weight excluding hydrogens is 370 g/mol. The maximum Gasteiger partial charge on any atom is 0.330 e. The Hall–Kier alpha value is -2.65. The van der Waals surface area contributed by atoms with Crippen LogP contribution in [0.3, 0.4) is 0 Å². The third-order valence-electron chi connectivity index (χ3n) is 2.39. The largest absolute Gasteiger partial charge is 0.484 e. The summed E-state index contributed by atoms with van der Waals surface area (Å²) in [6.45, 7) is 1.58. The van der Waals surface area contributed by atoms with E-state index in [0.717, 1.165) is 12.2 Å². The fraction of sp³-hybridized carbons (Fsp3) is 0.200. The lowest BCUT2D eigenvalue weighted by Crippen LogP contribution is -2.49. The average Bonchev–Trinajstić information content (AvgIpc) is 2.58. The Morgan fingerprint density at radius 3 is 2.48 bits per heavy atom. The quantitative estimate of drug-likeness (QED) is 0.288. The van der Waals surface area contributed by atoms with Gasteiger partial charge in [-0.2, -0.15) is 0 Å². The van der Waals surface area contributed by atoms with Gasteiger partial charge in [0.25, 0.3) is 5.91 Å². The topological polar surface area (TPSA) is 106 Å². The van der Waals surface area contributed by atoms with Crippen molar-refractivity contribution in [2.45, 2.75) is 6.92 Å². The molecule has 10 heteroatoms. The summed E-state index contributed by atoms with van der Waals surface area (Å²) >= 11 is 10.5. The number of thiocarbonyl (C=S) groups is 1. The molecule has 0 aliphatic heterocycles. The first-order chi connectivity index (χ1) is 11.9. The van der Waals surface area contributed by atoms with Crippen molar-refractivity contribution in [1.29, 1.82) is 0 Å². The zero-order valence-corrected chi connectivity index (χ0v) is 14.8. The minimum atomic E-state index is -0.655. The van der Waals surface area contributed by atoms with Gasteiger partial charge in [-0.1, -0.05) is 11.6 Å². The van der Waals surface area contributed by atoms with Gasteiger partial charge in [0.2, 0.25) is 5.91 Å². The zero-order valence-electron chi connectivity index (χ0n) is 13.2. The van der Waals surface area contributed by atoms with E-state index < -0.39 is 17.8 Å². The SMILES string of the molecule is CCOC(=O)/C=C/C(=O)NC(=S)NNC(=O)COc1ccc(Cl)cc1. The van der Waals surface area contributed by atoms with Crippen LogP contribution in [0.5, 0.6) is 5.75 Å². The molecule has 0 heterocycles. The molecule has 0 aliphatic carbocycles.